The Morgan fingerprint density at radius 1 is 0.786 bits per heavy atom. The molecule has 0 unspecified atom stereocenters. The molecule has 0 aliphatic carbocycles. The summed E-state index contributed by atoms with van der Waals surface area (Å²) in [6, 6.07) is 0. The highest BCUT2D eigenvalue weighted by atomic mass is 33.1. The molecule has 0 spiro atoms. The maximum atomic E-state index is 8.59. The third-order valence-corrected chi connectivity index (χ3v) is 4.15. The van der Waals surface area contributed by atoms with E-state index in [9.17, 15) is 0 Å². The van der Waals surface area contributed by atoms with E-state index in [0.717, 1.165) is 6.42 Å². The van der Waals surface area contributed by atoms with Crippen LogP contribution >= 0.6 is 21.6 Å². The number of hydrogen-bond donors (Lipinski definition) is 1. The summed E-state index contributed by atoms with van der Waals surface area (Å²) >= 11 is 0. The average molecular weight is 236 g/mol. The molecule has 86 valence electrons. The fourth-order valence-electron chi connectivity index (χ4n) is 1.42. The molecular weight excluding hydrogens is 212 g/mol. The minimum absolute atomic E-state index is 0.367. The molecule has 0 fully saturated rings. The van der Waals surface area contributed by atoms with Gasteiger partial charge in [-0.15, -0.1) is 0 Å². The lowest BCUT2D eigenvalue weighted by atomic mass is 10.1. The number of aliphatic hydroxyl groups excluding tert-OH is 1. The van der Waals surface area contributed by atoms with Gasteiger partial charge in [-0.05, 0) is 19.1 Å². The van der Waals surface area contributed by atoms with Crippen LogP contribution in [0.2, 0.25) is 0 Å². The first kappa shape index (κ1) is 14.7. The highest BCUT2D eigenvalue weighted by Gasteiger charge is 1.92. The summed E-state index contributed by atoms with van der Waals surface area (Å²) in [6.45, 7) is 0.367. The molecular formula is C11H24OS2. The van der Waals surface area contributed by atoms with Gasteiger partial charge in [0.1, 0.15) is 0 Å². The molecule has 0 aromatic heterocycles. The van der Waals surface area contributed by atoms with Crippen molar-refractivity contribution in [2.24, 2.45) is 0 Å². The SMILES string of the molecule is CSSCCCCCCCCCCO. The predicted molar refractivity (Wildman–Crippen MR) is 70.0 cm³/mol. The van der Waals surface area contributed by atoms with Crippen LogP contribution in [0.4, 0.5) is 0 Å². The monoisotopic (exact) mass is 236 g/mol. The highest BCUT2D eigenvalue weighted by molar-refractivity contribution is 8.76. The molecule has 14 heavy (non-hydrogen) atoms. The van der Waals surface area contributed by atoms with Gasteiger partial charge in [0.15, 0.2) is 0 Å². The van der Waals surface area contributed by atoms with E-state index in [1.807, 2.05) is 21.6 Å². The van der Waals surface area contributed by atoms with Crippen LogP contribution in [0.25, 0.3) is 0 Å². The lowest BCUT2D eigenvalue weighted by molar-refractivity contribution is 0.282. The van der Waals surface area contributed by atoms with Crippen molar-refractivity contribution in [3.63, 3.8) is 0 Å². The summed E-state index contributed by atoms with van der Waals surface area (Å²) in [5, 5.41) is 8.59. The molecule has 0 rings (SSSR count). The van der Waals surface area contributed by atoms with Crippen LogP contribution in [-0.4, -0.2) is 23.7 Å². The number of unbranched alkanes of at least 4 members (excludes halogenated alkanes) is 7. The first-order valence-electron chi connectivity index (χ1n) is 5.68. The number of aliphatic hydroxyl groups is 1. The average Bonchev–Trinajstić information content (AvgIpc) is 2.21. The molecule has 0 bridgehead atoms. The second kappa shape index (κ2) is 13.7. The Hall–Kier alpha value is 0.660. The maximum absolute atomic E-state index is 8.59. The van der Waals surface area contributed by atoms with Gasteiger partial charge in [0.05, 0.1) is 0 Å². The molecule has 3 heteroatoms. The molecule has 0 aromatic rings. The lowest BCUT2D eigenvalue weighted by Gasteiger charge is -2.01. The van der Waals surface area contributed by atoms with Gasteiger partial charge in [0.25, 0.3) is 0 Å². The Morgan fingerprint density at radius 3 is 1.79 bits per heavy atom. The van der Waals surface area contributed by atoms with E-state index in [2.05, 4.69) is 6.26 Å². The Labute approximate surface area is 96.8 Å². The number of rotatable bonds is 11. The van der Waals surface area contributed by atoms with E-state index in [0.29, 0.717) is 6.61 Å². The molecule has 0 saturated carbocycles. The molecule has 0 radical (unpaired) electrons. The molecule has 0 atom stereocenters. The van der Waals surface area contributed by atoms with Crippen molar-refractivity contribution in [1.29, 1.82) is 0 Å². The maximum Gasteiger partial charge on any atom is 0.0431 e. The quantitative estimate of drug-likeness (QED) is 0.430. The Kier molecular flexibility index (Phi) is 14.3. The first-order valence-corrected chi connectivity index (χ1v) is 8.41. The van der Waals surface area contributed by atoms with Crippen LogP contribution in [0.3, 0.4) is 0 Å². The van der Waals surface area contributed by atoms with Crippen LogP contribution in [0.5, 0.6) is 0 Å². The Morgan fingerprint density at radius 2 is 1.29 bits per heavy atom. The minimum atomic E-state index is 0.367. The van der Waals surface area contributed by atoms with Crippen molar-refractivity contribution in [2.75, 3.05) is 18.6 Å². The largest absolute Gasteiger partial charge is 0.396 e. The van der Waals surface area contributed by atoms with Crippen LogP contribution < -0.4 is 0 Å². The zero-order valence-corrected chi connectivity index (χ0v) is 11.0. The Balaban J connectivity index is 2.78. The summed E-state index contributed by atoms with van der Waals surface area (Å²) in [6.07, 6.45) is 12.6. The van der Waals surface area contributed by atoms with Gasteiger partial charge in [0, 0.05) is 12.4 Å². The van der Waals surface area contributed by atoms with E-state index in [-0.39, 0.29) is 0 Å². The molecule has 1 N–H and O–H groups in total. The van der Waals surface area contributed by atoms with Gasteiger partial charge >= 0.3 is 0 Å². The van der Waals surface area contributed by atoms with Crippen LogP contribution in [0.1, 0.15) is 51.4 Å². The minimum Gasteiger partial charge on any atom is -0.396 e. The molecule has 0 amide bonds. The molecule has 0 aliphatic heterocycles. The van der Waals surface area contributed by atoms with Crippen molar-refractivity contribution in [2.45, 2.75) is 51.4 Å². The van der Waals surface area contributed by atoms with E-state index in [1.165, 1.54) is 50.7 Å². The van der Waals surface area contributed by atoms with Gasteiger partial charge in [-0.25, -0.2) is 0 Å². The van der Waals surface area contributed by atoms with Crippen LogP contribution in [0, 0.1) is 0 Å². The summed E-state index contributed by atoms with van der Waals surface area (Å²) in [4.78, 5) is 0. The van der Waals surface area contributed by atoms with Crippen LogP contribution in [-0.2, 0) is 0 Å². The second-order valence-corrected chi connectivity index (χ2v) is 6.23. The zero-order valence-electron chi connectivity index (χ0n) is 9.33. The van der Waals surface area contributed by atoms with Crippen molar-refractivity contribution in [1.82, 2.24) is 0 Å². The fraction of sp³-hybridized carbons (Fsp3) is 1.00. The second-order valence-electron chi connectivity index (χ2n) is 3.54. The highest BCUT2D eigenvalue weighted by Crippen LogP contribution is 2.19. The molecule has 0 aliphatic rings. The van der Waals surface area contributed by atoms with Crippen molar-refractivity contribution >= 4 is 21.6 Å². The van der Waals surface area contributed by atoms with E-state index in [1.54, 1.807) is 0 Å². The van der Waals surface area contributed by atoms with Gasteiger partial charge in [-0.2, -0.15) is 0 Å². The van der Waals surface area contributed by atoms with E-state index >= 15 is 0 Å². The molecule has 0 heterocycles. The van der Waals surface area contributed by atoms with Crippen molar-refractivity contribution in [3.05, 3.63) is 0 Å². The fourth-order valence-corrected chi connectivity index (χ4v) is 2.76. The number of hydrogen-bond acceptors (Lipinski definition) is 3. The third kappa shape index (κ3) is 12.7. The molecule has 0 aromatic carbocycles. The molecule has 0 saturated heterocycles. The lowest BCUT2D eigenvalue weighted by Crippen LogP contribution is -1.84. The first-order chi connectivity index (χ1) is 6.91. The smallest absolute Gasteiger partial charge is 0.0431 e. The Bertz CT molecular complexity index is 87.3. The summed E-state index contributed by atoms with van der Waals surface area (Å²) in [5.74, 6) is 1.31. The summed E-state index contributed by atoms with van der Waals surface area (Å²) in [7, 11) is 3.84. The normalized spacial score (nSPS) is 10.7. The standard InChI is InChI=1S/C11H24OS2/c1-13-14-11-9-7-5-3-2-4-6-8-10-12/h12H,2-11H2,1H3. The zero-order chi connectivity index (χ0) is 10.5. The predicted octanol–water partition coefficient (Wildman–Crippen LogP) is 4.11. The van der Waals surface area contributed by atoms with E-state index < -0.39 is 0 Å². The summed E-state index contributed by atoms with van der Waals surface area (Å²) < 4.78 is 0. The van der Waals surface area contributed by atoms with Gasteiger partial charge in [-0.3, -0.25) is 0 Å². The van der Waals surface area contributed by atoms with Gasteiger partial charge in [0.2, 0.25) is 0 Å². The van der Waals surface area contributed by atoms with Gasteiger partial charge in [-0.1, -0.05) is 60.1 Å². The van der Waals surface area contributed by atoms with Crippen molar-refractivity contribution < 1.29 is 5.11 Å². The van der Waals surface area contributed by atoms with Gasteiger partial charge < -0.3 is 5.11 Å². The van der Waals surface area contributed by atoms with E-state index in [4.69, 9.17) is 5.11 Å². The van der Waals surface area contributed by atoms with Crippen molar-refractivity contribution in [3.8, 4) is 0 Å². The van der Waals surface area contributed by atoms with Crippen LogP contribution in [0.15, 0.2) is 0 Å². The third-order valence-electron chi connectivity index (χ3n) is 2.25. The molecule has 1 nitrogen and oxygen atoms in total. The summed E-state index contributed by atoms with van der Waals surface area (Å²) in [5.41, 5.74) is 0. The topological polar surface area (TPSA) is 20.2 Å².